The Hall–Kier alpha value is -3.40. The summed E-state index contributed by atoms with van der Waals surface area (Å²) in [7, 11) is 0. The Morgan fingerprint density at radius 1 is 1.28 bits per heavy atom. The third-order valence-corrected chi connectivity index (χ3v) is 4.36. The lowest BCUT2D eigenvalue weighted by Gasteiger charge is -2.28. The Labute approximate surface area is 144 Å². The minimum Gasteiger partial charge on any atom is -0.329 e. The highest BCUT2D eigenvalue weighted by Gasteiger charge is 2.24. The summed E-state index contributed by atoms with van der Waals surface area (Å²) in [6, 6.07) is 10.8. The van der Waals surface area contributed by atoms with Crippen LogP contribution in [-0.2, 0) is 19.6 Å². The predicted molar refractivity (Wildman–Crippen MR) is 89.5 cm³/mol. The van der Waals surface area contributed by atoms with E-state index in [4.69, 9.17) is 5.26 Å². The van der Waals surface area contributed by atoms with Crippen LogP contribution in [0.3, 0.4) is 0 Å². The maximum absolute atomic E-state index is 12.7. The van der Waals surface area contributed by atoms with Crippen molar-refractivity contribution in [3.63, 3.8) is 0 Å². The highest BCUT2D eigenvalue weighted by Crippen LogP contribution is 2.18. The van der Waals surface area contributed by atoms with Gasteiger partial charge in [-0.25, -0.2) is 4.98 Å². The molecule has 3 aromatic rings. The first-order valence-corrected chi connectivity index (χ1v) is 8.05. The third-order valence-electron chi connectivity index (χ3n) is 4.36. The molecule has 3 heterocycles. The second kappa shape index (κ2) is 6.24. The molecule has 0 bridgehead atoms. The molecule has 0 spiro atoms. The summed E-state index contributed by atoms with van der Waals surface area (Å²) < 4.78 is 4.01. The fourth-order valence-corrected chi connectivity index (χ4v) is 3.09. The SMILES string of the molecule is N#Cc1cccc(C(=O)N2CCn3c(Cn4cccn4)cnc3C2)c1. The van der Waals surface area contributed by atoms with Gasteiger partial charge in [0.2, 0.25) is 0 Å². The van der Waals surface area contributed by atoms with E-state index in [1.807, 2.05) is 23.1 Å². The summed E-state index contributed by atoms with van der Waals surface area (Å²) in [6.45, 7) is 2.45. The number of nitriles is 1. The van der Waals surface area contributed by atoms with E-state index in [1.54, 1.807) is 35.4 Å². The Kier molecular flexibility index (Phi) is 3.78. The third kappa shape index (κ3) is 2.90. The molecule has 0 unspecified atom stereocenters. The van der Waals surface area contributed by atoms with Crippen LogP contribution in [0.15, 0.2) is 48.9 Å². The van der Waals surface area contributed by atoms with Gasteiger partial charge in [0.1, 0.15) is 5.82 Å². The number of fused-ring (bicyclic) bond motifs is 1. The predicted octanol–water partition coefficient (Wildman–Crippen LogP) is 1.66. The molecule has 124 valence electrons. The molecule has 0 saturated carbocycles. The summed E-state index contributed by atoms with van der Waals surface area (Å²) in [5.74, 6) is 0.804. The Morgan fingerprint density at radius 2 is 2.20 bits per heavy atom. The van der Waals surface area contributed by atoms with Crippen molar-refractivity contribution in [3.05, 3.63) is 71.6 Å². The molecule has 2 aromatic heterocycles. The molecule has 7 heteroatoms. The van der Waals surface area contributed by atoms with E-state index in [0.717, 1.165) is 11.5 Å². The molecule has 0 aliphatic carbocycles. The number of amides is 1. The molecule has 0 fully saturated rings. The molecule has 1 amide bonds. The largest absolute Gasteiger partial charge is 0.329 e. The van der Waals surface area contributed by atoms with Crippen molar-refractivity contribution in [1.29, 1.82) is 5.26 Å². The van der Waals surface area contributed by atoms with Gasteiger partial charge in [-0.1, -0.05) is 6.07 Å². The van der Waals surface area contributed by atoms with Crippen LogP contribution in [-0.4, -0.2) is 36.7 Å². The number of aromatic nitrogens is 4. The molecule has 1 aromatic carbocycles. The van der Waals surface area contributed by atoms with Gasteiger partial charge in [0.25, 0.3) is 5.91 Å². The maximum atomic E-state index is 12.7. The highest BCUT2D eigenvalue weighted by molar-refractivity contribution is 5.94. The van der Waals surface area contributed by atoms with Crippen LogP contribution in [0.2, 0.25) is 0 Å². The molecule has 25 heavy (non-hydrogen) atoms. The van der Waals surface area contributed by atoms with Crippen LogP contribution in [0.4, 0.5) is 0 Å². The van der Waals surface area contributed by atoms with Gasteiger partial charge in [-0.05, 0) is 24.3 Å². The van der Waals surface area contributed by atoms with Crippen molar-refractivity contribution in [1.82, 2.24) is 24.2 Å². The molecule has 0 N–H and O–H groups in total. The van der Waals surface area contributed by atoms with Crippen molar-refractivity contribution in [2.45, 2.75) is 19.6 Å². The van der Waals surface area contributed by atoms with E-state index in [9.17, 15) is 4.79 Å². The molecule has 1 aliphatic rings. The van der Waals surface area contributed by atoms with Crippen LogP contribution in [0.5, 0.6) is 0 Å². The van der Waals surface area contributed by atoms with Crippen LogP contribution >= 0.6 is 0 Å². The quantitative estimate of drug-likeness (QED) is 0.730. The fraction of sp³-hybridized carbons (Fsp3) is 0.222. The zero-order valence-electron chi connectivity index (χ0n) is 13.5. The normalized spacial score (nSPS) is 13.3. The minimum absolute atomic E-state index is 0.0695. The average molecular weight is 332 g/mol. The lowest BCUT2D eigenvalue weighted by Crippen LogP contribution is -2.39. The average Bonchev–Trinajstić information content (AvgIpc) is 3.31. The van der Waals surface area contributed by atoms with Gasteiger partial charge in [-0.15, -0.1) is 0 Å². The van der Waals surface area contributed by atoms with E-state index in [2.05, 4.69) is 20.7 Å². The Balaban J connectivity index is 1.52. The van der Waals surface area contributed by atoms with Crippen LogP contribution in [0.25, 0.3) is 0 Å². The van der Waals surface area contributed by atoms with Gasteiger partial charge < -0.3 is 9.47 Å². The van der Waals surface area contributed by atoms with Gasteiger partial charge >= 0.3 is 0 Å². The minimum atomic E-state index is -0.0695. The van der Waals surface area contributed by atoms with Crippen molar-refractivity contribution in [3.8, 4) is 6.07 Å². The molecular weight excluding hydrogens is 316 g/mol. The molecule has 0 saturated heterocycles. The summed E-state index contributed by atoms with van der Waals surface area (Å²) in [6.07, 6.45) is 5.52. The second-order valence-electron chi connectivity index (χ2n) is 5.94. The first-order valence-electron chi connectivity index (χ1n) is 8.05. The second-order valence-corrected chi connectivity index (χ2v) is 5.94. The van der Waals surface area contributed by atoms with Crippen LogP contribution in [0, 0.1) is 11.3 Å². The number of hydrogen-bond acceptors (Lipinski definition) is 4. The number of rotatable bonds is 3. The molecule has 4 rings (SSSR count). The number of carbonyl (C=O) groups is 1. The van der Waals surface area contributed by atoms with E-state index in [1.165, 1.54) is 0 Å². The van der Waals surface area contributed by atoms with Gasteiger partial charge in [0, 0.05) is 31.0 Å². The standard InChI is InChI=1S/C18H16N6O/c19-10-14-3-1-4-15(9-14)18(25)22-7-8-24-16(11-20-17(24)13-22)12-23-6-2-5-21-23/h1-6,9,11H,7-8,12-13H2. The van der Waals surface area contributed by atoms with Crippen LogP contribution < -0.4 is 0 Å². The van der Waals surface area contributed by atoms with Crippen LogP contribution in [0.1, 0.15) is 27.4 Å². The summed E-state index contributed by atoms with van der Waals surface area (Å²) in [5.41, 5.74) is 2.11. The smallest absolute Gasteiger partial charge is 0.254 e. The molecule has 0 atom stereocenters. The molecule has 7 nitrogen and oxygen atoms in total. The fourth-order valence-electron chi connectivity index (χ4n) is 3.09. The van der Waals surface area contributed by atoms with Gasteiger partial charge in [0.15, 0.2) is 0 Å². The number of benzene rings is 1. The van der Waals surface area contributed by atoms with Gasteiger partial charge in [-0.3, -0.25) is 9.48 Å². The van der Waals surface area contributed by atoms with Crippen molar-refractivity contribution in [2.24, 2.45) is 0 Å². The van der Waals surface area contributed by atoms with Crippen molar-refractivity contribution >= 4 is 5.91 Å². The van der Waals surface area contributed by atoms with Crippen molar-refractivity contribution in [2.75, 3.05) is 6.54 Å². The first-order chi connectivity index (χ1) is 12.2. The molecule has 1 aliphatic heterocycles. The lowest BCUT2D eigenvalue weighted by molar-refractivity contribution is 0.0706. The summed E-state index contributed by atoms with van der Waals surface area (Å²) >= 11 is 0. The number of nitrogens with zero attached hydrogens (tertiary/aromatic N) is 6. The van der Waals surface area contributed by atoms with E-state index >= 15 is 0 Å². The monoisotopic (exact) mass is 332 g/mol. The van der Waals surface area contributed by atoms with Gasteiger partial charge in [-0.2, -0.15) is 10.4 Å². The summed E-state index contributed by atoms with van der Waals surface area (Å²) in [5, 5.41) is 13.2. The molecular formula is C18H16N6O. The maximum Gasteiger partial charge on any atom is 0.254 e. The molecule has 0 radical (unpaired) electrons. The number of imidazole rings is 1. The Morgan fingerprint density at radius 3 is 3.00 bits per heavy atom. The van der Waals surface area contributed by atoms with Gasteiger partial charge in [0.05, 0.1) is 36.6 Å². The summed E-state index contributed by atoms with van der Waals surface area (Å²) in [4.78, 5) is 19.0. The lowest BCUT2D eigenvalue weighted by atomic mass is 10.1. The van der Waals surface area contributed by atoms with E-state index in [-0.39, 0.29) is 5.91 Å². The zero-order chi connectivity index (χ0) is 17.2. The topological polar surface area (TPSA) is 79.7 Å². The van der Waals surface area contributed by atoms with Crippen molar-refractivity contribution < 1.29 is 4.79 Å². The first kappa shape index (κ1) is 15.1. The zero-order valence-corrected chi connectivity index (χ0v) is 13.5. The highest BCUT2D eigenvalue weighted by atomic mass is 16.2. The Bertz CT molecular complexity index is 950. The van der Waals surface area contributed by atoms with E-state index in [0.29, 0.717) is 37.3 Å². The number of hydrogen-bond donors (Lipinski definition) is 0. The number of carbonyl (C=O) groups excluding carboxylic acids is 1. The van der Waals surface area contributed by atoms with E-state index < -0.39 is 0 Å².